The molecule has 0 amide bonds. The first kappa shape index (κ1) is 14.2. The van der Waals surface area contributed by atoms with E-state index >= 15 is 0 Å². The Hall–Kier alpha value is -0.820. The molecule has 0 saturated carbocycles. The summed E-state index contributed by atoms with van der Waals surface area (Å²) in [7, 11) is 2.04. The second-order valence-electron chi connectivity index (χ2n) is 6.32. The number of hydrogen-bond acceptors (Lipinski definition) is 1. The van der Waals surface area contributed by atoms with Crippen LogP contribution in [0.2, 0.25) is 0 Å². The zero-order valence-electron chi connectivity index (χ0n) is 12.2. The van der Waals surface area contributed by atoms with E-state index in [4.69, 9.17) is 0 Å². The predicted octanol–water partition coefficient (Wildman–Crippen LogP) is 3.73. The fraction of sp³-hybridized carbons (Fsp3) is 0.625. The molecule has 0 spiro atoms. The van der Waals surface area contributed by atoms with Crippen LogP contribution in [-0.2, 0) is 6.42 Å². The van der Waals surface area contributed by atoms with Gasteiger partial charge in [-0.05, 0) is 50.8 Å². The SMILES string of the molecule is CNCC(Cc1cc(C)cc(C)c1)C(C)(C)C. The summed E-state index contributed by atoms with van der Waals surface area (Å²) < 4.78 is 0. The van der Waals surface area contributed by atoms with Crippen LogP contribution in [0.3, 0.4) is 0 Å². The van der Waals surface area contributed by atoms with Crippen molar-refractivity contribution in [3.63, 3.8) is 0 Å². The normalized spacial score (nSPS) is 13.8. The van der Waals surface area contributed by atoms with E-state index in [-0.39, 0.29) is 0 Å². The van der Waals surface area contributed by atoms with Crippen molar-refractivity contribution in [3.05, 3.63) is 34.9 Å². The van der Waals surface area contributed by atoms with Crippen LogP contribution < -0.4 is 5.32 Å². The summed E-state index contributed by atoms with van der Waals surface area (Å²) in [6, 6.07) is 6.89. The van der Waals surface area contributed by atoms with Crippen LogP contribution in [-0.4, -0.2) is 13.6 Å². The highest BCUT2D eigenvalue weighted by Crippen LogP contribution is 2.29. The summed E-state index contributed by atoms with van der Waals surface area (Å²) in [6.07, 6.45) is 1.16. The molecule has 1 aromatic carbocycles. The smallest absolute Gasteiger partial charge is 0.00153 e. The van der Waals surface area contributed by atoms with E-state index in [1.807, 2.05) is 7.05 Å². The van der Waals surface area contributed by atoms with Gasteiger partial charge in [0.05, 0.1) is 0 Å². The molecule has 1 nitrogen and oxygen atoms in total. The van der Waals surface area contributed by atoms with Crippen molar-refractivity contribution < 1.29 is 0 Å². The average molecular weight is 233 g/mol. The molecule has 0 radical (unpaired) electrons. The van der Waals surface area contributed by atoms with Gasteiger partial charge in [0, 0.05) is 0 Å². The molecule has 1 N–H and O–H groups in total. The lowest BCUT2D eigenvalue weighted by Gasteiger charge is -2.31. The average Bonchev–Trinajstić information content (AvgIpc) is 2.13. The minimum atomic E-state index is 0.348. The summed E-state index contributed by atoms with van der Waals surface area (Å²) in [5, 5.41) is 3.32. The van der Waals surface area contributed by atoms with Gasteiger partial charge >= 0.3 is 0 Å². The Kier molecular flexibility index (Phi) is 4.76. The number of aryl methyl sites for hydroxylation is 2. The lowest BCUT2D eigenvalue weighted by atomic mass is 9.77. The lowest BCUT2D eigenvalue weighted by molar-refractivity contribution is 0.235. The van der Waals surface area contributed by atoms with Crippen molar-refractivity contribution in [2.45, 2.75) is 41.0 Å². The van der Waals surface area contributed by atoms with E-state index in [0.717, 1.165) is 13.0 Å². The van der Waals surface area contributed by atoms with Gasteiger partial charge in [0.15, 0.2) is 0 Å². The fourth-order valence-corrected chi connectivity index (χ4v) is 2.40. The van der Waals surface area contributed by atoms with E-state index in [1.165, 1.54) is 16.7 Å². The van der Waals surface area contributed by atoms with Gasteiger partial charge in [-0.1, -0.05) is 50.1 Å². The van der Waals surface area contributed by atoms with Crippen molar-refractivity contribution in [2.75, 3.05) is 13.6 Å². The zero-order chi connectivity index (χ0) is 13.1. The van der Waals surface area contributed by atoms with Gasteiger partial charge in [-0.25, -0.2) is 0 Å². The number of benzene rings is 1. The maximum absolute atomic E-state index is 3.32. The molecule has 17 heavy (non-hydrogen) atoms. The maximum atomic E-state index is 3.32. The maximum Gasteiger partial charge on any atom is -0.00153 e. The predicted molar refractivity (Wildman–Crippen MR) is 76.5 cm³/mol. The van der Waals surface area contributed by atoms with Gasteiger partial charge in [0.25, 0.3) is 0 Å². The third kappa shape index (κ3) is 4.51. The third-order valence-electron chi connectivity index (χ3n) is 3.44. The molecule has 0 heterocycles. The molecular weight excluding hydrogens is 206 g/mol. The largest absolute Gasteiger partial charge is 0.319 e. The number of rotatable bonds is 4. The van der Waals surface area contributed by atoms with E-state index < -0.39 is 0 Å². The van der Waals surface area contributed by atoms with Crippen LogP contribution in [0.15, 0.2) is 18.2 Å². The zero-order valence-corrected chi connectivity index (χ0v) is 12.2. The van der Waals surface area contributed by atoms with Crippen LogP contribution in [0, 0.1) is 25.2 Å². The van der Waals surface area contributed by atoms with Gasteiger partial charge in [-0.2, -0.15) is 0 Å². The Morgan fingerprint density at radius 2 is 1.59 bits per heavy atom. The van der Waals surface area contributed by atoms with Gasteiger partial charge < -0.3 is 5.32 Å². The highest BCUT2D eigenvalue weighted by molar-refractivity contribution is 5.29. The topological polar surface area (TPSA) is 12.0 Å². The molecule has 0 fully saturated rings. The van der Waals surface area contributed by atoms with Crippen LogP contribution in [0.4, 0.5) is 0 Å². The molecule has 0 aliphatic heterocycles. The molecule has 1 atom stereocenters. The van der Waals surface area contributed by atoms with E-state index in [9.17, 15) is 0 Å². The van der Waals surface area contributed by atoms with Crippen molar-refractivity contribution >= 4 is 0 Å². The van der Waals surface area contributed by atoms with Gasteiger partial charge in [-0.3, -0.25) is 0 Å². The molecule has 0 bridgehead atoms. The van der Waals surface area contributed by atoms with E-state index in [0.29, 0.717) is 11.3 Å². The second kappa shape index (κ2) is 5.68. The molecule has 0 saturated heterocycles. The molecule has 1 unspecified atom stereocenters. The lowest BCUT2D eigenvalue weighted by Crippen LogP contribution is -2.31. The Morgan fingerprint density at radius 3 is 2.00 bits per heavy atom. The summed E-state index contributed by atoms with van der Waals surface area (Å²) in [4.78, 5) is 0. The Balaban J connectivity index is 2.86. The standard InChI is InChI=1S/C16H27N/c1-12-7-13(2)9-14(8-12)10-15(11-17-6)16(3,4)5/h7-9,15,17H,10-11H2,1-6H3. The highest BCUT2D eigenvalue weighted by atomic mass is 14.8. The monoisotopic (exact) mass is 233 g/mol. The Morgan fingerprint density at radius 1 is 1.06 bits per heavy atom. The summed E-state index contributed by atoms with van der Waals surface area (Å²) >= 11 is 0. The Bertz CT molecular complexity index is 340. The Labute approximate surface area is 107 Å². The van der Waals surface area contributed by atoms with Gasteiger partial charge in [0.2, 0.25) is 0 Å². The van der Waals surface area contributed by atoms with E-state index in [2.05, 4.69) is 58.1 Å². The highest BCUT2D eigenvalue weighted by Gasteiger charge is 2.24. The number of nitrogens with one attached hydrogen (secondary N) is 1. The van der Waals surface area contributed by atoms with Crippen LogP contribution >= 0.6 is 0 Å². The van der Waals surface area contributed by atoms with Gasteiger partial charge in [0.1, 0.15) is 0 Å². The van der Waals surface area contributed by atoms with Crippen LogP contribution in [0.1, 0.15) is 37.5 Å². The minimum Gasteiger partial charge on any atom is -0.319 e. The van der Waals surface area contributed by atoms with Crippen molar-refractivity contribution in [1.29, 1.82) is 0 Å². The molecular formula is C16H27N. The van der Waals surface area contributed by atoms with Crippen molar-refractivity contribution in [2.24, 2.45) is 11.3 Å². The third-order valence-corrected chi connectivity index (χ3v) is 3.44. The fourth-order valence-electron chi connectivity index (χ4n) is 2.40. The minimum absolute atomic E-state index is 0.348. The first-order valence-corrected chi connectivity index (χ1v) is 6.54. The molecule has 1 rings (SSSR count). The van der Waals surface area contributed by atoms with E-state index in [1.54, 1.807) is 0 Å². The first-order chi connectivity index (χ1) is 7.82. The molecule has 0 aromatic heterocycles. The molecule has 1 aromatic rings. The van der Waals surface area contributed by atoms with Crippen molar-refractivity contribution in [1.82, 2.24) is 5.32 Å². The van der Waals surface area contributed by atoms with Crippen molar-refractivity contribution in [3.8, 4) is 0 Å². The summed E-state index contributed by atoms with van der Waals surface area (Å²) in [5.41, 5.74) is 4.56. The van der Waals surface area contributed by atoms with Crippen LogP contribution in [0.5, 0.6) is 0 Å². The summed E-state index contributed by atoms with van der Waals surface area (Å²) in [6.45, 7) is 12.4. The number of hydrogen-bond donors (Lipinski definition) is 1. The molecule has 1 heteroatoms. The first-order valence-electron chi connectivity index (χ1n) is 6.54. The summed E-state index contributed by atoms with van der Waals surface area (Å²) in [5.74, 6) is 0.675. The molecule has 96 valence electrons. The van der Waals surface area contributed by atoms with Gasteiger partial charge in [-0.15, -0.1) is 0 Å². The van der Waals surface area contributed by atoms with Crippen LogP contribution in [0.25, 0.3) is 0 Å². The second-order valence-corrected chi connectivity index (χ2v) is 6.32. The molecule has 0 aliphatic rings. The quantitative estimate of drug-likeness (QED) is 0.835. The molecule has 0 aliphatic carbocycles.